The van der Waals surface area contributed by atoms with Crippen LogP contribution >= 0.6 is 0 Å². The normalized spacial score (nSPS) is 27.4. The molecule has 15 nitrogen and oxygen atoms in total. The van der Waals surface area contributed by atoms with Gasteiger partial charge in [0.05, 0.1) is 19.2 Å². The largest absolute Gasteiger partial charge is 0.460 e. The van der Waals surface area contributed by atoms with Gasteiger partial charge in [-0.3, -0.25) is 28.8 Å². The maximum absolute atomic E-state index is 14.6. The molecular formula is C42H52N4O11. The lowest BCUT2D eigenvalue weighted by Crippen LogP contribution is -2.69. The molecule has 4 fully saturated rings. The lowest BCUT2D eigenvalue weighted by molar-refractivity contribution is -0.217. The fourth-order valence-corrected chi connectivity index (χ4v) is 8.64. The SMILES string of the molecule is CN(C)C(=O)C=Cc1ccc(CN2OC3C4OC5(Cc6ccccc6C5)OC4C4CC3(C(=O)NCCC(=O)NC(CO)CCC(=O)OC(C)(C)C)C2C(=O)O4)cc1. The van der Waals surface area contributed by atoms with Gasteiger partial charge in [0.1, 0.15) is 35.4 Å². The number of aliphatic hydroxyl groups excluding tert-OH is 1. The maximum Gasteiger partial charge on any atom is 0.327 e. The van der Waals surface area contributed by atoms with E-state index < -0.39 is 77.1 Å². The van der Waals surface area contributed by atoms with E-state index in [1.54, 1.807) is 40.9 Å². The molecule has 3 saturated heterocycles. The first-order valence-electron chi connectivity index (χ1n) is 19.5. The van der Waals surface area contributed by atoms with Crippen molar-refractivity contribution in [2.24, 2.45) is 5.41 Å². The molecular weight excluding hydrogens is 736 g/mol. The van der Waals surface area contributed by atoms with Crippen LogP contribution in [-0.2, 0) is 67.1 Å². The predicted octanol–water partition coefficient (Wildman–Crippen LogP) is 1.97. The second-order valence-electron chi connectivity index (χ2n) is 16.8. The fourth-order valence-electron chi connectivity index (χ4n) is 8.64. The molecule has 2 aromatic carbocycles. The number of carbonyl (C=O) groups excluding carboxylic acids is 5. The summed E-state index contributed by atoms with van der Waals surface area (Å²) in [6, 6.07) is 13.6. The average Bonchev–Trinajstić information content (AvgIpc) is 3.83. The average molecular weight is 789 g/mol. The lowest BCUT2D eigenvalue weighted by atomic mass is 9.62. The van der Waals surface area contributed by atoms with E-state index in [1.807, 2.05) is 48.5 Å². The summed E-state index contributed by atoms with van der Waals surface area (Å²) in [6.45, 7) is 4.98. The van der Waals surface area contributed by atoms with Crippen molar-refractivity contribution in [2.45, 2.75) is 114 Å². The second kappa shape index (κ2) is 15.9. The number of fused-ring (bicyclic) bond motifs is 5. The third kappa shape index (κ3) is 8.35. The van der Waals surface area contributed by atoms with Gasteiger partial charge in [-0.25, -0.2) is 0 Å². The van der Waals surface area contributed by atoms with Crippen molar-refractivity contribution in [3.8, 4) is 0 Å². The minimum atomic E-state index is -1.44. The summed E-state index contributed by atoms with van der Waals surface area (Å²) < 4.78 is 24.9. The van der Waals surface area contributed by atoms with Gasteiger partial charge in [0.25, 0.3) is 0 Å². The fraction of sp³-hybridized carbons (Fsp3) is 0.548. The van der Waals surface area contributed by atoms with E-state index in [4.69, 9.17) is 23.8 Å². The molecule has 306 valence electrons. The Morgan fingerprint density at radius 2 is 1.70 bits per heavy atom. The van der Waals surface area contributed by atoms with Crippen molar-refractivity contribution >= 4 is 35.7 Å². The molecule has 2 aromatic rings. The Morgan fingerprint density at radius 3 is 2.35 bits per heavy atom. The van der Waals surface area contributed by atoms with Crippen LogP contribution in [0.1, 0.15) is 68.7 Å². The molecule has 2 aliphatic carbocycles. The highest BCUT2D eigenvalue weighted by atomic mass is 16.8. The molecule has 15 heteroatoms. The summed E-state index contributed by atoms with van der Waals surface area (Å²) in [7, 11) is 3.35. The smallest absolute Gasteiger partial charge is 0.327 e. The highest BCUT2D eigenvalue weighted by Crippen LogP contribution is 2.58. The monoisotopic (exact) mass is 788 g/mol. The number of nitrogens with one attached hydrogen (secondary N) is 2. The van der Waals surface area contributed by atoms with Gasteiger partial charge in [-0.2, -0.15) is 5.06 Å². The van der Waals surface area contributed by atoms with Crippen molar-refractivity contribution < 1.29 is 52.9 Å². The zero-order valence-electron chi connectivity index (χ0n) is 33.0. The minimum absolute atomic E-state index is 0.0128. The molecule has 3 N–H and O–H groups in total. The number of nitrogens with zero attached hydrogens (tertiary/aromatic N) is 2. The van der Waals surface area contributed by atoms with Crippen LogP contribution in [0.25, 0.3) is 6.08 Å². The van der Waals surface area contributed by atoms with E-state index in [0.717, 1.165) is 22.3 Å². The molecule has 1 saturated carbocycles. The van der Waals surface area contributed by atoms with Crippen LogP contribution in [0.5, 0.6) is 0 Å². The topological polar surface area (TPSA) is 182 Å². The van der Waals surface area contributed by atoms with Crippen molar-refractivity contribution in [2.75, 3.05) is 27.2 Å². The molecule has 3 heterocycles. The van der Waals surface area contributed by atoms with Crippen molar-refractivity contribution in [3.05, 3.63) is 76.9 Å². The molecule has 0 radical (unpaired) electrons. The van der Waals surface area contributed by atoms with Crippen LogP contribution < -0.4 is 10.6 Å². The van der Waals surface area contributed by atoms with E-state index in [9.17, 15) is 29.1 Å². The number of hydrogen-bond acceptors (Lipinski definition) is 12. The number of ether oxygens (including phenoxy) is 4. The van der Waals surface area contributed by atoms with Crippen molar-refractivity contribution in [1.29, 1.82) is 0 Å². The molecule has 3 aliphatic heterocycles. The highest BCUT2D eigenvalue weighted by Gasteiger charge is 2.76. The van der Waals surface area contributed by atoms with Gasteiger partial charge in [0, 0.05) is 58.8 Å². The van der Waals surface area contributed by atoms with Crippen LogP contribution in [0.4, 0.5) is 0 Å². The number of aliphatic hydroxyl groups is 1. The van der Waals surface area contributed by atoms with Crippen LogP contribution in [0.3, 0.4) is 0 Å². The Bertz CT molecular complexity index is 1880. The number of amides is 3. The van der Waals surface area contributed by atoms with Gasteiger partial charge in [0.15, 0.2) is 11.8 Å². The molecule has 3 amide bonds. The van der Waals surface area contributed by atoms with Crippen LogP contribution in [0.15, 0.2) is 54.6 Å². The summed E-state index contributed by atoms with van der Waals surface area (Å²) in [5.41, 5.74) is 1.72. The highest BCUT2D eigenvalue weighted by molar-refractivity contribution is 5.94. The molecule has 1 spiro atoms. The Labute approximate surface area is 331 Å². The number of benzene rings is 2. The number of carbonyl (C=O) groups is 5. The maximum atomic E-state index is 14.6. The third-order valence-electron chi connectivity index (χ3n) is 11.2. The number of rotatable bonds is 13. The first-order chi connectivity index (χ1) is 27.1. The van der Waals surface area contributed by atoms with E-state index in [2.05, 4.69) is 10.6 Å². The first-order valence-corrected chi connectivity index (χ1v) is 19.5. The second-order valence-corrected chi connectivity index (χ2v) is 16.8. The van der Waals surface area contributed by atoms with Gasteiger partial charge < -0.3 is 39.6 Å². The summed E-state index contributed by atoms with van der Waals surface area (Å²) in [4.78, 5) is 74.0. The molecule has 0 aromatic heterocycles. The number of likely N-dealkylation sites (N-methyl/N-ethyl adjacent to an activating group) is 1. The number of hydroxylamine groups is 2. The zero-order chi connectivity index (χ0) is 40.7. The summed E-state index contributed by atoms with van der Waals surface area (Å²) in [5, 5.41) is 17.0. The van der Waals surface area contributed by atoms with Crippen LogP contribution in [0.2, 0.25) is 0 Å². The molecule has 7 atom stereocenters. The van der Waals surface area contributed by atoms with Crippen molar-refractivity contribution in [3.63, 3.8) is 0 Å². The van der Waals surface area contributed by atoms with Gasteiger partial charge in [-0.15, -0.1) is 0 Å². The first kappa shape index (κ1) is 40.5. The summed E-state index contributed by atoms with van der Waals surface area (Å²) in [5.74, 6) is -3.10. The molecule has 2 bridgehead atoms. The molecule has 7 rings (SSSR count). The summed E-state index contributed by atoms with van der Waals surface area (Å²) >= 11 is 0. The van der Waals surface area contributed by atoms with Gasteiger partial charge in [-0.05, 0) is 55.5 Å². The Kier molecular flexibility index (Phi) is 11.3. The molecule has 5 aliphatic rings. The van der Waals surface area contributed by atoms with Crippen LogP contribution in [-0.4, -0.2) is 120 Å². The molecule has 57 heavy (non-hydrogen) atoms. The standard InChI is InChI=1S/C42H52N4O11/c1-40(2,3)54-33(50)17-15-29(24-47)44-31(48)18-19-43-39(52)42-22-30-34-35(56-41(55-34)20-27-8-6-7-9-28(27)21-41)37(42)57-46(36(42)38(51)53-30)23-26-12-10-25(11-13-26)14-16-32(49)45(4)5/h6-14,16,29-30,34-37,47H,15,17-24H2,1-5H3,(H,43,52)(H,44,48). The number of hydrogen-bond donors (Lipinski definition) is 3. The summed E-state index contributed by atoms with van der Waals surface area (Å²) in [6.07, 6.45) is 1.28. The van der Waals surface area contributed by atoms with Gasteiger partial charge >= 0.3 is 11.9 Å². The Hall–Kier alpha value is -4.67. The van der Waals surface area contributed by atoms with E-state index in [-0.39, 0.29) is 51.3 Å². The van der Waals surface area contributed by atoms with E-state index in [1.165, 1.54) is 16.0 Å². The zero-order valence-corrected chi connectivity index (χ0v) is 33.0. The predicted molar refractivity (Wildman–Crippen MR) is 203 cm³/mol. The van der Waals surface area contributed by atoms with Crippen LogP contribution in [0, 0.1) is 5.41 Å². The van der Waals surface area contributed by atoms with Gasteiger partial charge in [-0.1, -0.05) is 48.5 Å². The van der Waals surface area contributed by atoms with E-state index in [0.29, 0.717) is 12.8 Å². The lowest BCUT2D eigenvalue weighted by Gasteiger charge is -2.48. The number of esters is 2. The quantitative estimate of drug-likeness (QED) is 0.199. The third-order valence-corrected chi connectivity index (χ3v) is 11.2. The Morgan fingerprint density at radius 1 is 1.02 bits per heavy atom. The Balaban J connectivity index is 1.08. The minimum Gasteiger partial charge on any atom is -0.460 e. The van der Waals surface area contributed by atoms with Gasteiger partial charge in [0.2, 0.25) is 17.7 Å². The molecule has 7 unspecified atom stereocenters. The van der Waals surface area contributed by atoms with E-state index >= 15 is 0 Å². The van der Waals surface area contributed by atoms with Crippen molar-refractivity contribution in [1.82, 2.24) is 20.6 Å².